The molecule has 1 saturated heterocycles. The number of rotatable bonds is 5. The third-order valence-corrected chi connectivity index (χ3v) is 2.87. The van der Waals surface area contributed by atoms with Crippen molar-refractivity contribution in [3.05, 3.63) is 0 Å². The van der Waals surface area contributed by atoms with E-state index in [-0.39, 0.29) is 25.3 Å². The summed E-state index contributed by atoms with van der Waals surface area (Å²) >= 11 is 0. The van der Waals surface area contributed by atoms with E-state index in [1.807, 2.05) is 0 Å². The van der Waals surface area contributed by atoms with Gasteiger partial charge in [-0.3, -0.25) is 4.79 Å². The molecular weight excluding hydrogens is 254 g/mol. The molecule has 0 unspecified atom stereocenters. The third-order valence-electron chi connectivity index (χ3n) is 2.87. The Morgan fingerprint density at radius 1 is 1.37 bits per heavy atom. The molecule has 0 saturated carbocycles. The van der Waals surface area contributed by atoms with E-state index in [9.17, 15) is 14.4 Å². The van der Waals surface area contributed by atoms with E-state index in [1.54, 1.807) is 4.90 Å². The molecule has 0 aromatic carbocycles. The number of ether oxygens (including phenoxy) is 1. The summed E-state index contributed by atoms with van der Waals surface area (Å²) in [4.78, 5) is 35.9. The summed E-state index contributed by atoms with van der Waals surface area (Å²) in [6.45, 7) is 0.521. The lowest BCUT2D eigenvalue weighted by molar-refractivity contribution is -0.145. The second-order valence-electron chi connectivity index (χ2n) is 4.50. The highest BCUT2D eigenvalue weighted by Gasteiger charge is 2.25. The van der Waals surface area contributed by atoms with Crippen molar-refractivity contribution in [1.82, 2.24) is 9.80 Å². The molecule has 0 radical (unpaired) electrons. The lowest BCUT2D eigenvalue weighted by atomic mass is 10.1. The SMILES string of the molecule is CN(CC(N)=O)C(=O)N1CCC(OCC(=O)O)CC1. The molecule has 1 heterocycles. The highest BCUT2D eigenvalue weighted by atomic mass is 16.5. The maximum absolute atomic E-state index is 11.9. The normalized spacial score (nSPS) is 16.2. The first-order chi connectivity index (χ1) is 8.90. The van der Waals surface area contributed by atoms with Gasteiger partial charge in [0, 0.05) is 20.1 Å². The molecular formula is C11H19N3O5. The Morgan fingerprint density at radius 3 is 2.42 bits per heavy atom. The summed E-state index contributed by atoms with van der Waals surface area (Å²) < 4.78 is 5.17. The van der Waals surface area contributed by atoms with Gasteiger partial charge >= 0.3 is 12.0 Å². The maximum Gasteiger partial charge on any atom is 0.329 e. The molecule has 0 atom stereocenters. The minimum absolute atomic E-state index is 0.117. The Balaban J connectivity index is 2.34. The van der Waals surface area contributed by atoms with E-state index in [4.69, 9.17) is 15.6 Å². The van der Waals surface area contributed by atoms with E-state index in [0.717, 1.165) is 0 Å². The number of urea groups is 1. The third kappa shape index (κ3) is 5.12. The van der Waals surface area contributed by atoms with Gasteiger partial charge in [0.1, 0.15) is 13.2 Å². The molecule has 1 fully saturated rings. The molecule has 3 amide bonds. The first-order valence-corrected chi connectivity index (χ1v) is 6.02. The Kier molecular flexibility index (Phi) is 5.56. The number of carbonyl (C=O) groups excluding carboxylic acids is 2. The zero-order valence-electron chi connectivity index (χ0n) is 10.9. The maximum atomic E-state index is 11.9. The average Bonchev–Trinajstić information content (AvgIpc) is 2.35. The van der Waals surface area contributed by atoms with Crippen molar-refractivity contribution in [3.8, 4) is 0 Å². The Hall–Kier alpha value is -1.83. The van der Waals surface area contributed by atoms with Gasteiger partial charge in [-0.1, -0.05) is 0 Å². The van der Waals surface area contributed by atoms with Crippen molar-refractivity contribution < 1.29 is 24.2 Å². The smallest absolute Gasteiger partial charge is 0.329 e. The summed E-state index contributed by atoms with van der Waals surface area (Å²) in [7, 11) is 1.51. The topological polar surface area (TPSA) is 113 Å². The molecule has 1 aliphatic rings. The van der Waals surface area contributed by atoms with Crippen LogP contribution < -0.4 is 5.73 Å². The monoisotopic (exact) mass is 273 g/mol. The fourth-order valence-corrected chi connectivity index (χ4v) is 1.95. The summed E-state index contributed by atoms with van der Waals surface area (Å²) in [5.41, 5.74) is 5.02. The van der Waals surface area contributed by atoms with E-state index < -0.39 is 11.9 Å². The summed E-state index contributed by atoms with van der Waals surface area (Å²) in [5, 5.41) is 8.50. The number of amides is 3. The van der Waals surface area contributed by atoms with E-state index in [2.05, 4.69) is 0 Å². The predicted octanol–water partition coefficient (Wildman–Crippen LogP) is -0.911. The largest absolute Gasteiger partial charge is 0.480 e. The molecule has 108 valence electrons. The number of nitrogens with two attached hydrogens (primary N) is 1. The average molecular weight is 273 g/mol. The van der Waals surface area contributed by atoms with Gasteiger partial charge in [-0.15, -0.1) is 0 Å². The van der Waals surface area contributed by atoms with Crippen molar-refractivity contribution in [3.63, 3.8) is 0 Å². The highest BCUT2D eigenvalue weighted by molar-refractivity contribution is 5.82. The van der Waals surface area contributed by atoms with Gasteiger partial charge in [0.15, 0.2) is 0 Å². The van der Waals surface area contributed by atoms with Crippen LogP contribution in [0, 0.1) is 0 Å². The van der Waals surface area contributed by atoms with Crippen molar-refractivity contribution in [2.75, 3.05) is 33.3 Å². The molecule has 3 N–H and O–H groups in total. The summed E-state index contributed by atoms with van der Waals surface area (Å²) in [6, 6.07) is -0.254. The van der Waals surface area contributed by atoms with Crippen molar-refractivity contribution in [2.45, 2.75) is 18.9 Å². The standard InChI is InChI=1S/C11H19N3O5/c1-13(6-9(12)15)11(18)14-4-2-8(3-5-14)19-7-10(16)17/h8H,2-7H2,1H3,(H2,12,15)(H,16,17). The number of piperidine rings is 1. The molecule has 19 heavy (non-hydrogen) atoms. The Bertz CT molecular complexity index is 352. The van der Waals surface area contributed by atoms with Crippen LogP contribution in [-0.4, -0.2) is 72.2 Å². The zero-order valence-corrected chi connectivity index (χ0v) is 10.9. The number of carboxylic acid groups (broad SMARTS) is 1. The molecule has 0 bridgehead atoms. The van der Waals surface area contributed by atoms with Crippen LogP contribution in [0.15, 0.2) is 0 Å². The van der Waals surface area contributed by atoms with E-state index >= 15 is 0 Å². The number of primary amides is 1. The van der Waals surface area contributed by atoms with Gasteiger partial charge in [0.05, 0.1) is 6.10 Å². The minimum Gasteiger partial charge on any atom is -0.480 e. The Labute approximate surface area is 111 Å². The zero-order chi connectivity index (χ0) is 14.4. The molecule has 0 aliphatic carbocycles. The fraction of sp³-hybridized carbons (Fsp3) is 0.727. The molecule has 1 aliphatic heterocycles. The molecule has 1 rings (SSSR count). The quantitative estimate of drug-likeness (QED) is 0.673. The van der Waals surface area contributed by atoms with Gasteiger partial charge in [0.2, 0.25) is 5.91 Å². The van der Waals surface area contributed by atoms with Crippen LogP contribution in [0.25, 0.3) is 0 Å². The predicted molar refractivity (Wildman–Crippen MR) is 65.4 cm³/mol. The van der Waals surface area contributed by atoms with Crippen LogP contribution in [0.5, 0.6) is 0 Å². The molecule has 0 aromatic heterocycles. The second kappa shape index (κ2) is 6.93. The number of likely N-dealkylation sites (tertiary alicyclic amines) is 1. The number of aliphatic carboxylic acids is 1. The van der Waals surface area contributed by atoms with Crippen LogP contribution in [-0.2, 0) is 14.3 Å². The first-order valence-electron chi connectivity index (χ1n) is 6.02. The Morgan fingerprint density at radius 2 is 1.95 bits per heavy atom. The van der Waals surface area contributed by atoms with Crippen LogP contribution >= 0.6 is 0 Å². The first kappa shape index (κ1) is 15.2. The second-order valence-corrected chi connectivity index (χ2v) is 4.50. The fourth-order valence-electron chi connectivity index (χ4n) is 1.95. The lowest BCUT2D eigenvalue weighted by Gasteiger charge is -2.34. The van der Waals surface area contributed by atoms with Crippen LogP contribution in [0.4, 0.5) is 4.79 Å². The molecule has 8 heteroatoms. The van der Waals surface area contributed by atoms with Crippen LogP contribution in [0.3, 0.4) is 0 Å². The van der Waals surface area contributed by atoms with Gasteiger partial charge in [-0.25, -0.2) is 9.59 Å². The highest BCUT2D eigenvalue weighted by Crippen LogP contribution is 2.14. The molecule has 0 aromatic rings. The summed E-state index contributed by atoms with van der Waals surface area (Å²) in [6.07, 6.45) is 1.04. The van der Waals surface area contributed by atoms with E-state index in [0.29, 0.717) is 25.9 Å². The number of likely N-dealkylation sites (N-methyl/N-ethyl adjacent to an activating group) is 1. The van der Waals surface area contributed by atoms with Crippen molar-refractivity contribution in [1.29, 1.82) is 0 Å². The number of carbonyl (C=O) groups is 3. The van der Waals surface area contributed by atoms with Gasteiger partial charge in [-0.2, -0.15) is 0 Å². The van der Waals surface area contributed by atoms with Crippen molar-refractivity contribution in [2.24, 2.45) is 5.73 Å². The van der Waals surface area contributed by atoms with E-state index in [1.165, 1.54) is 11.9 Å². The van der Waals surface area contributed by atoms with Crippen molar-refractivity contribution >= 4 is 17.9 Å². The summed E-state index contributed by atoms with van der Waals surface area (Å²) in [5.74, 6) is -1.56. The molecule has 8 nitrogen and oxygen atoms in total. The molecule has 0 spiro atoms. The number of carboxylic acids is 1. The van der Waals surface area contributed by atoms with Gasteiger partial charge < -0.3 is 25.4 Å². The van der Waals surface area contributed by atoms with Gasteiger partial charge in [0.25, 0.3) is 0 Å². The lowest BCUT2D eigenvalue weighted by Crippen LogP contribution is -2.48. The minimum atomic E-state index is -1.00. The van der Waals surface area contributed by atoms with Crippen LogP contribution in [0.1, 0.15) is 12.8 Å². The number of hydrogen-bond donors (Lipinski definition) is 2. The number of hydrogen-bond acceptors (Lipinski definition) is 4. The van der Waals surface area contributed by atoms with Gasteiger partial charge in [-0.05, 0) is 12.8 Å². The van der Waals surface area contributed by atoms with Crippen LogP contribution in [0.2, 0.25) is 0 Å². The number of nitrogens with zero attached hydrogens (tertiary/aromatic N) is 2.